The molecule has 21 heavy (non-hydrogen) atoms. The molecule has 118 valence electrons. The first kappa shape index (κ1) is 17.5. The third kappa shape index (κ3) is 5.05. The van der Waals surface area contributed by atoms with E-state index in [9.17, 15) is 9.90 Å². The molecular formula is C17H27NO3. The lowest BCUT2D eigenvalue weighted by Gasteiger charge is -2.29. The van der Waals surface area contributed by atoms with Crippen molar-refractivity contribution in [1.29, 1.82) is 0 Å². The van der Waals surface area contributed by atoms with Crippen LogP contribution in [0.5, 0.6) is 5.75 Å². The van der Waals surface area contributed by atoms with E-state index in [4.69, 9.17) is 4.74 Å². The lowest BCUT2D eigenvalue weighted by molar-refractivity contribution is -0.145. The van der Waals surface area contributed by atoms with Gasteiger partial charge in [-0.15, -0.1) is 0 Å². The number of carbonyl (C=O) groups is 1. The van der Waals surface area contributed by atoms with Gasteiger partial charge in [0.1, 0.15) is 11.3 Å². The minimum atomic E-state index is -0.962. The summed E-state index contributed by atoms with van der Waals surface area (Å²) in [6.07, 6.45) is 2.04. The van der Waals surface area contributed by atoms with E-state index >= 15 is 0 Å². The Morgan fingerprint density at radius 1 is 1.38 bits per heavy atom. The van der Waals surface area contributed by atoms with E-state index in [1.165, 1.54) is 0 Å². The van der Waals surface area contributed by atoms with Gasteiger partial charge in [-0.25, -0.2) is 0 Å². The SMILES string of the molecule is CCCNC(C)(CC(C)Oc1ccccc1CC)C(=O)O. The molecule has 0 aliphatic heterocycles. The summed E-state index contributed by atoms with van der Waals surface area (Å²) in [5, 5.41) is 12.6. The zero-order chi connectivity index (χ0) is 15.9. The van der Waals surface area contributed by atoms with E-state index in [1.807, 2.05) is 38.1 Å². The Hall–Kier alpha value is -1.55. The summed E-state index contributed by atoms with van der Waals surface area (Å²) >= 11 is 0. The Bertz CT molecular complexity index is 461. The molecule has 0 spiro atoms. The molecule has 4 heteroatoms. The van der Waals surface area contributed by atoms with E-state index in [-0.39, 0.29) is 6.10 Å². The molecule has 4 nitrogen and oxygen atoms in total. The monoisotopic (exact) mass is 293 g/mol. The number of benzene rings is 1. The van der Waals surface area contributed by atoms with Crippen LogP contribution in [-0.2, 0) is 11.2 Å². The maximum atomic E-state index is 11.5. The van der Waals surface area contributed by atoms with Crippen molar-refractivity contribution in [3.8, 4) is 5.75 Å². The molecule has 0 saturated carbocycles. The van der Waals surface area contributed by atoms with Crippen LogP contribution in [0.15, 0.2) is 24.3 Å². The van der Waals surface area contributed by atoms with Gasteiger partial charge in [-0.05, 0) is 44.9 Å². The van der Waals surface area contributed by atoms with Gasteiger partial charge in [0.25, 0.3) is 0 Å². The number of carboxylic acids is 1. The lowest BCUT2D eigenvalue weighted by atomic mass is 9.94. The molecule has 0 aliphatic carbocycles. The minimum absolute atomic E-state index is 0.178. The van der Waals surface area contributed by atoms with Crippen LogP contribution in [0.4, 0.5) is 0 Å². The van der Waals surface area contributed by atoms with Crippen LogP contribution in [0.2, 0.25) is 0 Å². The van der Waals surface area contributed by atoms with E-state index in [0.717, 1.165) is 24.2 Å². The average molecular weight is 293 g/mol. The molecule has 0 amide bonds. The molecule has 2 atom stereocenters. The molecule has 1 rings (SSSR count). The normalized spacial score (nSPS) is 15.2. The molecule has 0 bridgehead atoms. The van der Waals surface area contributed by atoms with Crippen molar-refractivity contribution < 1.29 is 14.6 Å². The summed E-state index contributed by atoms with van der Waals surface area (Å²) in [6.45, 7) is 8.42. The predicted octanol–water partition coefficient (Wildman–Crippen LogP) is 3.25. The van der Waals surface area contributed by atoms with Crippen molar-refractivity contribution in [3.05, 3.63) is 29.8 Å². The highest BCUT2D eigenvalue weighted by Crippen LogP contribution is 2.23. The van der Waals surface area contributed by atoms with Crippen molar-refractivity contribution in [1.82, 2.24) is 5.32 Å². The number of rotatable bonds is 9. The molecule has 0 aromatic heterocycles. The summed E-state index contributed by atoms with van der Waals surface area (Å²) < 4.78 is 5.96. The molecule has 0 saturated heterocycles. The Morgan fingerprint density at radius 2 is 2.05 bits per heavy atom. The number of carboxylic acid groups (broad SMARTS) is 1. The summed E-state index contributed by atoms with van der Waals surface area (Å²) in [6, 6.07) is 7.90. The Morgan fingerprint density at radius 3 is 2.62 bits per heavy atom. The number of nitrogens with one attached hydrogen (secondary N) is 1. The van der Waals surface area contributed by atoms with E-state index in [0.29, 0.717) is 13.0 Å². The first-order chi connectivity index (χ1) is 9.92. The zero-order valence-electron chi connectivity index (χ0n) is 13.5. The predicted molar refractivity (Wildman–Crippen MR) is 84.9 cm³/mol. The van der Waals surface area contributed by atoms with E-state index in [1.54, 1.807) is 6.92 Å². The number of aliphatic carboxylic acids is 1. The quantitative estimate of drug-likeness (QED) is 0.734. The molecule has 0 fully saturated rings. The summed E-state index contributed by atoms with van der Waals surface area (Å²) in [5.74, 6) is 0.00547. The molecular weight excluding hydrogens is 266 g/mol. The second-order valence-corrected chi connectivity index (χ2v) is 5.66. The molecule has 0 aliphatic rings. The van der Waals surface area contributed by atoms with Crippen LogP contribution < -0.4 is 10.1 Å². The fraction of sp³-hybridized carbons (Fsp3) is 0.588. The molecule has 0 radical (unpaired) electrons. The highest BCUT2D eigenvalue weighted by molar-refractivity contribution is 5.78. The maximum absolute atomic E-state index is 11.5. The molecule has 0 heterocycles. The maximum Gasteiger partial charge on any atom is 0.323 e. The number of ether oxygens (including phenoxy) is 1. The van der Waals surface area contributed by atoms with Crippen molar-refractivity contribution in [3.63, 3.8) is 0 Å². The van der Waals surface area contributed by atoms with E-state index < -0.39 is 11.5 Å². The molecule has 1 aromatic rings. The van der Waals surface area contributed by atoms with Crippen LogP contribution in [0.3, 0.4) is 0 Å². The zero-order valence-corrected chi connectivity index (χ0v) is 13.5. The van der Waals surface area contributed by atoms with Crippen LogP contribution >= 0.6 is 0 Å². The van der Waals surface area contributed by atoms with Gasteiger partial charge in [-0.1, -0.05) is 32.0 Å². The molecule has 2 N–H and O–H groups in total. The van der Waals surface area contributed by atoms with Gasteiger partial charge in [0.15, 0.2) is 0 Å². The highest BCUT2D eigenvalue weighted by atomic mass is 16.5. The minimum Gasteiger partial charge on any atom is -0.490 e. The third-order valence-corrected chi connectivity index (χ3v) is 3.61. The van der Waals surface area contributed by atoms with Gasteiger partial charge in [0, 0.05) is 6.42 Å². The topological polar surface area (TPSA) is 58.6 Å². The van der Waals surface area contributed by atoms with E-state index in [2.05, 4.69) is 12.2 Å². The Kier molecular flexibility index (Phi) is 6.69. The number of para-hydroxylation sites is 1. The molecule has 2 unspecified atom stereocenters. The largest absolute Gasteiger partial charge is 0.490 e. The van der Waals surface area contributed by atoms with Crippen LogP contribution in [0.1, 0.15) is 46.1 Å². The smallest absolute Gasteiger partial charge is 0.323 e. The van der Waals surface area contributed by atoms with Crippen molar-refractivity contribution in [2.45, 2.75) is 58.6 Å². The van der Waals surface area contributed by atoms with Crippen molar-refractivity contribution in [2.24, 2.45) is 0 Å². The van der Waals surface area contributed by atoms with Crippen molar-refractivity contribution >= 4 is 5.97 Å². The first-order valence-electron chi connectivity index (χ1n) is 7.66. The van der Waals surface area contributed by atoms with Crippen LogP contribution in [0.25, 0.3) is 0 Å². The fourth-order valence-corrected chi connectivity index (χ4v) is 2.38. The summed E-state index contributed by atoms with van der Waals surface area (Å²) in [7, 11) is 0. The summed E-state index contributed by atoms with van der Waals surface area (Å²) in [4.78, 5) is 11.5. The van der Waals surface area contributed by atoms with Crippen molar-refractivity contribution in [2.75, 3.05) is 6.54 Å². The van der Waals surface area contributed by atoms with Crippen LogP contribution in [0, 0.1) is 0 Å². The van der Waals surface area contributed by atoms with Gasteiger partial charge in [0.05, 0.1) is 6.10 Å². The lowest BCUT2D eigenvalue weighted by Crippen LogP contribution is -2.52. The first-order valence-corrected chi connectivity index (χ1v) is 7.66. The third-order valence-electron chi connectivity index (χ3n) is 3.61. The van der Waals surface area contributed by atoms with Gasteiger partial charge in [0.2, 0.25) is 0 Å². The summed E-state index contributed by atoms with van der Waals surface area (Å²) in [5.41, 5.74) is 0.180. The molecule has 1 aromatic carbocycles. The second-order valence-electron chi connectivity index (χ2n) is 5.66. The Balaban J connectivity index is 2.74. The second kappa shape index (κ2) is 8.03. The highest BCUT2D eigenvalue weighted by Gasteiger charge is 2.34. The standard InChI is InChI=1S/C17H27NO3/c1-5-11-18-17(4,16(19)20)12-13(3)21-15-10-8-7-9-14(15)6-2/h7-10,13,18H,5-6,11-12H2,1-4H3,(H,19,20). The fourth-order valence-electron chi connectivity index (χ4n) is 2.38. The average Bonchev–Trinajstić information content (AvgIpc) is 2.45. The Labute approximate surface area is 127 Å². The number of hydrogen-bond donors (Lipinski definition) is 2. The van der Waals surface area contributed by atoms with Gasteiger partial charge in [-0.3, -0.25) is 4.79 Å². The number of aryl methyl sites for hydroxylation is 1. The van der Waals surface area contributed by atoms with Crippen LogP contribution in [-0.4, -0.2) is 29.3 Å². The van der Waals surface area contributed by atoms with Gasteiger partial charge >= 0.3 is 5.97 Å². The van der Waals surface area contributed by atoms with Gasteiger partial charge in [-0.2, -0.15) is 0 Å². The number of hydrogen-bond acceptors (Lipinski definition) is 3. The van der Waals surface area contributed by atoms with Gasteiger partial charge < -0.3 is 15.2 Å².